The molecule has 0 saturated heterocycles. The van der Waals surface area contributed by atoms with E-state index in [4.69, 9.17) is 13.9 Å². The van der Waals surface area contributed by atoms with E-state index in [2.05, 4.69) is 4.98 Å². The Bertz CT molecular complexity index is 1540. The van der Waals surface area contributed by atoms with E-state index in [-0.39, 0.29) is 26.8 Å². The van der Waals surface area contributed by atoms with Gasteiger partial charge in [-0.2, -0.15) is 0 Å². The first kappa shape index (κ1) is 21.8. The highest BCUT2D eigenvalue weighted by molar-refractivity contribution is 7.17. The van der Waals surface area contributed by atoms with Crippen molar-refractivity contribution in [3.05, 3.63) is 85.7 Å². The first-order valence-electron chi connectivity index (χ1n) is 10.4. The van der Waals surface area contributed by atoms with Crippen molar-refractivity contribution in [2.45, 2.75) is 19.9 Å². The maximum Gasteiger partial charge on any atom is 0.350 e. The quantitative estimate of drug-likeness (QED) is 0.402. The summed E-state index contributed by atoms with van der Waals surface area (Å²) in [5.74, 6) is -0.516. The molecule has 1 amide bonds. The molecule has 0 radical (unpaired) electrons. The van der Waals surface area contributed by atoms with Gasteiger partial charge in [0.05, 0.1) is 36.9 Å². The topological polar surface area (TPSA) is 98.9 Å². The largest absolute Gasteiger partial charge is 0.497 e. The van der Waals surface area contributed by atoms with Crippen LogP contribution in [0.25, 0.3) is 11.0 Å². The molecule has 1 aliphatic heterocycles. The van der Waals surface area contributed by atoms with Crippen molar-refractivity contribution in [3.63, 3.8) is 0 Å². The Balaban J connectivity index is 1.79. The van der Waals surface area contributed by atoms with E-state index < -0.39 is 17.9 Å². The summed E-state index contributed by atoms with van der Waals surface area (Å²) in [6, 6.07) is 11.6. The van der Waals surface area contributed by atoms with Gasteiger partial charge in [-0.15, -0.1) is 0 Å². The molecule has 0 spiro atoms. The standard InChI is InChI=1S/C25H20N2O6S/c1-12-8-9-17-16(10-12)20(28)18-19(14-6-5-7-15(11-14)31-3)27(23(29)21(18)33-17)25-26-13(2)22(34-25)24(30)32-4/h5-11,19H,1-4H3/t19-/m1/s1. The van der Waals surface area contributed by atoms with E-state index in [0.717, 1.165) is 16.9 Å². The molecule has 5 rings (SSSR count). The number of benzene rings is 2. The van der Waals surface area contributed by atoms with E-state index in [1.54, 1.807) is 44.4 Å². The molecule has 0 saturated carbocycles. The number of carbonyl (C=O) groups is 2. The predicted molar refractivity (Wildman–Crippen MR) is 127 cm³/mol. The molecule has 172 valence electrons. The third-order valence-electron chi connectivity index (χ3n) is 5.80. The lowest BCUT2D eigenvalue weighted by Gasteiger charge is -2.22. The Morgan fingerprint density at radius 2 is 1.91 bits per heavy atom. The van der Waals surface area contributed by atoms with E-state index in [9.17, 15) is 14.4 Å². The van der Waals surface area contributed by atoms with Gasteiger partial charge in [-0.1, -0.05) is 35.1 Å². The minimum atomic E-state index is -0.810. The Morgan fingerprint density at radius 1 is 1.12 bits per heavy atom. The van der Waals surface area contributed by atoms with Crippen molar-refractivity contribution < 1.29 is 23.5 Å². The van der Waals surface area contributed by atoms with Gasteiger partial charge in [-0.05, 0) is 43.7 Å². The second kappa shape index (κ2) is 8.11. The minimum absolute atomic E-state index is 0.0401. The lowest BCUT2D eigenvalue weighted by atomic mass is 9.98. The maximum atomic E-state index is 13.7. The number of aromatic nitrogens is 1. The van der Waals surface area contributed by atoms with Gasteiger partial charge in [0, 0.05) is 0 Å². The third kappa shape index (κ3) is 3.28. The van der Waals surface area contributed by atoms with E-state index in [1.807, 2.05) is 19.1 Å². The number of esters is 1. The normalized spacial score (nSPS) is 15.0. The molecule has 34 heavy (non-hydrogen) atoms. The zero-order valence-electron chi connectivity index (χ0n) is 18.9. The third-order valence-corrected chi connectivity index (χ3v) is 6.93. The van der Waals surface area contributed by atoms with Crippen LogP contribution in [0.2, 0.25) is 0 Å². The highest BCUT2D eigenvalue weighted by atomic mass is 32.1. The summed E-state index contributed by atoms with van der Waals surface area (Å²) in [4.78, 5) is 45.7. The molecular formula is C25H20N2O6S. The van der Waals surface area contributed by atoms with Crippen molar-refractivity contribution in [1.82, 2.24) is 4.98 Å². The van der Waals surface area contributed by atoms with Gasteiger partial charge < -0.3 is 13.9 Å². The van der Waals surface area contributed by atoms with Crippen molar-refractivity contribution in [2.75, 3.05) is 19.1 Å². The van der Waals surface area contributed by atoms with Gasteiger partial charge in [-0.3, -0.25) is 14.5 Å². The number of carbonyl (C=O) groups excluding carboxylic acids is 2. The molecule has 0 bridgehead atoms. The van der Waals surface area contributed by atoms with Crippen LogP contribution in [0.15, 0.2) is 51.7 Å². The average molecular weight is 477 g/mol. The number of rotatable bonds is 4. The Hall–Kier alpha value is -3.98. The molecule has 1 atom stereocenters. The fourth-order valence-corrected chi connectivity index (χ4v) is 5.19. The monoisotopic (exact) mass is 476 g/mol. The average Bonchev–Trinajstić information content (AvgIpc) is 3.36. The number of thiazole rings is 1. The molecule has 8 nitrogen and oxygen atoms in total. The summed E-state index contributed by atoms with van der Waals surface area (Å²) in [6.07, 6.45) is 0. The van der Waals surface area contributed by atoms with Crippen molar-refractivity contribution >= 4 is 39.3 Å². The van der Waals surface area contributed by atoms with Crippen LogP contribution in [0.1, 0.15) is 48.7 Å². The van der Waals surface area contributed by atoms with Crippen LogP contribution >= 0.6 is 11.3 Å². The van der Waals surface area contributed by atoms with Crippen molar-refractivity contribution in [2.24, 2.45) is 0 Å². The van der Waals surface area contributed by atoms with Crippen LogP contribution in [-0.2, 0) is 4.74 Å². The first-order chi connectivity index (χ1) is 16.3. The zero-order chi connectivity index (χ0) is 24.1. The fraction of sp³-hybridized carbons (Fsp3) is 0.200. The fourth-order valence-electron chi connectivity index (χ4n) is 4.18. The number of hydrogen-bond donors (Lipinski definition) is 0. The molecular weight excluding hydrogens is 456 g/mol. The second-order valence-corrected chi connectivity index (χ2v) is 8.91. The molecule has 0 fully saturated rings. The summed E-state index contributed by atoms with van der Waals surface area (Å²) < 4.78 is 16.2. The summed E-state index contributed by atoms with van der Waals surface area (Å²) in [7, 11) is 2.83. The summed E-state index contributed by atoms with van der Waals surface area (Å²) in [5.41, 5.74) is 2.25. The van der Waals surface area contributed by atoms with Gasteiger partial charge in [0.25, 0.3) is 5.91 Å². The number of nitrogens with zero attached hydrogens (tertiary/aromatic N) is 2. The maximum absolute atomic E-state index is 13.7. The van der Waals surface area contributed by atoms with E-state index in [0.29, 0.717) is 28.0 Å². The number of ether oxygens (including phenoxy) is 2. The van der Waals surface area contributed by atoms with Crippen LogP contribution in [0.5, 0.6) is 5.75 Å². The molecule has 2 aromatic carbocycles. The number of anilines is 1. The van der Waals surface area contributed by atoms with Crippen LogP contribution in [-0.4, -0.2) is 31.1 Å². The number of aryl methyl sites for hydroxylation is 2. The van der Waals surface area contributed by atoms with Crippen LogP contribution in [0.3, 0.4) is 0 Å². The second-order valence-electron chi connectivity index (χ2n) is 7.93. The Kier molecular flexibility index (Phi) is 5.21. The van der Waals surface area contributed by atoms with E-state index >= 15 is 0 Å². The van der Waals surface area contributed by atoms with Gasteiger partial charge in [0.1, 0.15) is 16.2 Å². The molecule has 0 unspecified atom stereocenters. The molecule has 9 heteroatoms. The zero-order valence-corrected chi connectivity index (χ0v) is 19.7. The van der Waals surface area contributed by atoms with Crippen LogP contribution in [0.4, 0.5) is 5.13 Å². The first-order valence-corrected chi connectivity index (χ1v) is 11.3. The number of methoxy groups -OCH3 is 2. The van der Waals surface area contributed by atoms with E-state index in [1.165, 1.54) is 12.0 Å². The lowest BCUT2D eigenvalue weighted by molar-refractivity contribution is 0.0605. The SMILES string of the molecule is COC(=O)c1sc(N2C(=O)c3oc4ccc(C)cc4c(=O)c3[C@H]2c2cccc(OC)c2)nc1C. The lowest BCUT2D eigenvalue weighted by Crippen LogP contribution is -2.29. The molecule has 3 heterocycles. The van der Waals surface area contributed by atoms with Crippen LogP contribution in [0, 0.1) is 13.8 Å². The summed E-state index contributed by atoms with van der Waals surface area (Å²) in [6.45, 7) is 3.55. The smallest absolute Gasteiger partial charge is 0.350 e. The Morgan fingerprint density at radius 3 is 2.65 bits per heavy atom. The van der Waals surface area contributed by atoms with Crippen molar-refractivity contribution in [3.8, 4) is 5.75 Å². The number of fused-ring (bicyclic) bond motifs is 2. The van der Waals surface area contributed by atoms with Gasteiger partial charge in [0.15, 0.2) is 10.6 Å². The minimum Gasteiger partial charge on any atom is -0.497 e. The highest BCUT2D eigenvalue weighted by Crippen LogP contribution is 2.43. The van der Waals surface area contributed by atoms with Gasteiger partial charge in [0.2, 0.25) is 5.76 Å². The summed E-state index contributed by atoms with van der Waals surface area (Å²) in [5, 5.41) is 0.661. The predicted octanol–water partition coefficient (Wildman–Crippen LogP) is 4.41. The molecule has 0 aliphatic carbocycles. The molecule has 2 aromatic heterocycles. The Labute approximate surface area is 198 Å². The van der Waals surface area contributed by atoms with Crippen molar-refractivity contribution in [1.29, 1.82) is 0 Å². The molecule has 4 aromatic rings. The molecule has 1 aliphatic rings. The van der Waals surface area contributed by atoms with Crippen LogP contribution < -0.4 is 15.1 Å². The summed E-state index contributed by atoms with van der Waals surface area (Å²) >= 11 is 1.03. The number of amides is 1. The highest BCUT2D eigenvalue weighted by Gasteiger charge is 2.45. The molecule has 0 N–H and O–H groups in total. The van der Waals surface area contributed by atoms with Gasteiger partial charge in [-0.25, -0.2) is 9.78 Å². The number of hydrogen-bond acceptors (Lipinski definition) is 8. The van der Waals surface area contributed by atoms with Gasteiger partial charge >= 0.3 is 5.97 Å².